The highest BCUT2D eigenvalue weighted by molar-refractivity contribution is 8.14. The first-order chi connectivity index (χ1) is 11.0. The van der Waals surface area contributed by atoms with Gasteiger partial charge in [0.2, 0.25) is 5.12 Å². The molecule has 0 unspecified atom stereocenters. The van der Waals surface area contributed by atoms with Gasteiger partial charge in [-0.3, -0.25) is 9.59 Å². The van der Waals surface area contributed by atoms with Gasteiger partial charge in [-0.1, -0.05) is 42.1 Å². The summed E-state index contributed by atoms with van der Waals surface area (Å²) in [5.74, 6) is -1.44. The summed E-state index contributed by atoms with van der Waals surface area (Å²) in [6.45, 7) is 0.459. The molecule has 1 atom stereocenters. The van der Waals surface area contributed by atoms with E-state index in [9.17, 15) is 14.4 Å². The van der Waals surface area contributed by atoms with Crippen LogP contribution in [0.1, 0.15) is 18.4 Å². The van der Waals surface area contributed by atoms with E-state index < -0.39 is 23.2 Å². The van der Waals surface area contributed by atoms with Crippen molar-refractivity contribution in [3.05, 3.63) is 35.9 Å². The molecule has 1 rings (SSSR count). The first-order valence-electron chi connectivity index (χ1n) is 7.08. The van der Waals surface area contributed by atoms with Crippen LogP contribution in [0, 0.1) is 0 Å². The predicted octanol–water partition coefficient (Wildman–Crippen LogP) is 1.36. The maximum atomic E-state index is 12.0. The average molecular weight is 340 g/mol. The molecule has 0 aliphatic heterocycles. The Morgan fingerprint density at radius 1 is 1.26 bits per heavy atom. The molecule has 126 valence electrons. The van der Waals surface area contributed by atoms with Gasteiger partial charge in [0.15, 0.2) is 0 Å². The number of rotatable bonds is 9. The van der Waals surface area contributed by atoms with E-state index in [0.717, 1.165) is 5.56 Å². The Hall–Kier alpha value is -2.06. The zero-order valence-electron chi connectivity index (χ0n) is 12.6. The molecule has 8 heteroatoms. The van der Waals surface area contributed by atoms with Crippen LogP contribution in [0.2, 0.25) is 0 Å². The highest BCUT2D eigenvalue weighted by Crippen LogP contribution is 2.10. The van der Waals surface area contributed by atoms with Crippen LogP contribution in [-0.4, -0.2) is 40.6 Å². The summed E-state index contributed by atoms with van der Waals surface area (Å²) < 4.78 is 5.06. The van der Waals surface area contributed by atoms with Crippen molar-refractivity contribution in [2.45, 2.75) is 25.5 Å². The molecule has 0 bridgehead atoms. The quantitative estimate of drug-likeness (QED) is 0.621. The van der Waals surface area contributed by atoms with Crippen molar-refractivity contribution in [1.29, 1.82) is 0 Å². The van der Waals surface area contributed by atoms with E-state index in [4.69, 9.17) is 15.6 Å². The summed E-state index contributed by atoms with van der Waals surface area (Å²) in [5.41, 5.74) is 6.24. The number of benzene rings is 1. The van der Waals surface area contributed by atoms with E-state index in [1.165, 1.54) is 0 Å². The largest absolute Gasteiger partial charge is 0.481 e. The minimum atomic E-state index is -1.09. The highest BCUT2D eigenvalue weighted by Gasteiger charge is 2.22. The number of alkyl carbamates (subject to hydrolysis) is 1. The van der Waals surface area contributed by atoms with Gasteiger partial charge in [-0.25, -0.2) is 4.79 Å². The molecule has 0 fully saturated rings. The number of carboxylic acids is 1. The molecule has 23 heavy (non-hydrogen) atoms. The van der Waals surface area contributed by atoms with Crippen LogP contribution >= 0.6 is 11.8 Å². The third-order valence-electron chi connectivity index (χ3n) is 2.82. The second-order valence-electron chi connectivity index (χ2n) is 4.69. The molecule has 0 spiro atoms. The summed E-state index contributed by atoms with van der Waals surface area (Å²) in [4.78, 5) is 34.3. The number of aliphatic carboxylic acids is 1. The molecule has 0 saturated carbocycles. The zero-order valence-corrected chi connectivity index (χ0v) is 13.4. The number of carbonyl (C=O) groups excluding carboxylic acids is 2. The third kappa shape index (κ3) is 8.22. The van der Waals surface area contributed by atoms with E-state index in [0.29, 0.717) is 31.1 Å². The first-order valence-corrected chi connectivity index (χ1v) is 8.07. The fraction of sp³-hybridized carbons (Fsp3) is 0.400. The van der Waals surface area contributed by atoms with Crippen LogP contribution in [0.15, 0.2) is 30.3 Å². The summed E-state index contributed by atoms with van der Waals surface area (Å²) in [7, 11) is 0. The lowest BCUT2D eigenvalue weighted by molar-refractivity contribution is -0.134. The number of ether oxygens (including phenoxy) is 1. The number of hydrogen-bond acceptors (Lipinski definition) is 6. The summed E-state index contributed by atoms with van der Waals surface area (Å²) in [6, 6.07) is 8.32. The minimum absolute atomic E-state index is 0.0900. The van der Waals surface area contributed by atoms with Crippen molar-refractivity contribution in [2.75, 3.05) is 12.3 Å². The second-order valence-corrected chi connectivity index (χ2v) is 5.67. The Bertz CT molecular complexity index is 524. The van der Waals surface area contributed by atoms with Crippen molar-refractivity contribution in [2.24, 2.45) is 5.73 Å². The Kier molecular flexibility index (Phi) is 8.78. The van der Waals surface area contributed by atoms with Crippen molar-refractivity contribution in [1.82, 2.24) is 5.32 Å². The number of hydrogen-bond donors (Lipinski definition) is 3. The van der Waals surface area contributed by atoms with Gasteiger partial charge in [-0.15, -0.1) is 0 Å². The van der Waals surface area contributed by atoms with Gasteiger partial charge in [-0.2, -0.15) is 0 Å². The predicted molar refractivity (Wildman–Crippen MR) is 86.9 cm³/mol. The fourth-order valence-corrected chi connectivity index (χ4v) is 2.36. The maximum Gasteiger partial charge on any atom is 0.408 e. The van der Waals surface area contributed by atoms with Gasteiger partial charge in [0.25, 0.3) is 0 Å². The SMILES string of the molecule is NCCC[C@H](NC(=O)OCc1ccccc1)C(=O)SCC(=O)O. The van der Waals surface area contributed by atoms with Crippen LogP contribution < -0.4 is 11.1 Å². The lowest BCUT2D eigenvalue weighted by Crippen LogP contribution is -2.40. The lowest BCUT2D eigenvalue weighted by Gasteiger charge is -2.16. The van der Waals surface area contributed by atoms with Crippen LogP contribution in [0.5, 0.6) is 0 Å². The van der Waals surface area contributed by atoms with Gasteiger partial charge in [0, 0.05) is 0 Å². The molecular formula is C15H20N2O5S. The summed E-state index contributed by atoms with van der Waals surface area (Å²) >= 11 is 0.650. The molecule has 1 aromatic carbocycles. The molecule has 1 aromatic rings. The molecule has 0 aromatic heterocycles. The van der Waals surface area contributed by atoms with Crippen molar-refractivity contribution < 1.29 is 24.2 Å². The van der Waals surface area contributed by atoms with E-state index in [-0.39, 0.29) is 12.4 Å². The Morgan fingerprint density at radius 3 is 2.57 bits per heavy atom. The van der Waals surface area contributed by atoms with E-state index in [2.05, 4.69) is 5.32 Å². The molecule has 4 N–H and O–H groups in total. The molecule has 0 radical (unpaired) electrons. The number of thioether (sulfide) groups is 1. The van der Waals surface area contributed by atoms with E-state index in [1.54, 1.807) is 0 Å². The average Bonchev–Trinajstić information content (AvgIpc) is 2.55. The molecule has 0 aliphatic carbocycles. The number of carbonyl (C=O) groups is 3. The number of amides is 1. The molecular weight excluding hydrogens is 320 g/mol. The number of nitrogens with one attached hydrogen (secondary N) is 1. The van der Waals surface area contributed by atoms with Crippen LogP contribution in [0.25, 0.3) is 0 Å². The van der Waals surface area contributed by atoms with Gasteiger partial charge >= 0.3 is 12.1 Å². The van der Waals surface area contributed by atoms with E-state index >= 15 is 0 Å². The molecule has 0 heterocycles. The highest BCUT2D eigenvalue weighted by atomic mass is 32.2. The second kappa shape index (κ2) is 10.6. The molecule has 1 amide bonds. The van der Waals surface area contributed by atoms with Crippen LogP contribution in [0.3, 0.4) is 0 Å². The normalized spacial score (nSPS) is 11.5. The minimum Gasteiger partial charge on any atom is -0.481 e. The van der Waals surface area contributed by atoms with Crippen LogP contribution in [0.4, 0.5) is 4.79 Å². The van der Waals surface area contributed by atoms with E-state index in [1.807, 2.05) is 30.3 Å². The smallest absolute Gasteiger partial charge is 0.408 e. The summed E-state index contributed by atoms with van der Waals surface area (Å²) in [5, 5.41) is 10.7. The van der Waals surface area contributed by atoms with Gasteiger partial charge < -0.3 is 20.9 Å². The fourth-order valence-electron chi connectivity index (χ4n) is 1.71. The summed E-state index contributed by atoms with van der Waals surface area (Å²) in [6.07, 6.45) is 0.144. The first kappa shape index (κ1) is 19.0. The number of nitrogens with two attached hydrogens (primary N) is 1. The zero-order chi connectivity index (χ0) is 17.1. The standard InChI is InChI=1S/C15H20N2O5S/c16-8-4-7-12(14(20)23-10-13(18)19)17-15(21)22-9-11-5-2-1-3-6-11/h1-3,5-6,12H,4,7-10,16H2,(H,17,21)(H,18,19)/t12-/m0/s1. The van der Waals surface area contributed by atoms with Gasteiger partial charge in [0.1, 0.15) is 12.6 Å². The van der Waals surface area contributed by atoms with Crippen molar-refractivity contribution >= 4 is 28.9 Å². The van der Waals surface area contributed by atoms with Crippen molar-refractivity contribution in [3.8, 4) is 0 Å². The lowest BCUT2D eigenvalue weighted by atomic mass is 10.2. The Labute approximate surface area is 138 Å². The Balaban J connectivity index is 2.49. The van der Waals surface area contributed by atoms with Crippen molar-refractivity contribution in [3.63, 3.8) is 0 Å². The maximum absolute atomic E-state index is 12.0. The monoisotopic (exact) mass is 340 g/mol. The van der Waals surface area contributed by atoms with Crippen LogP contribution in [-0.2, 0) is 20.9 Å². The molecule has 0 aliphatic rings. The third-order valence-corrected chi connectivity index (χ3v) is 3.78. The van der Waals surface area contributed by atoms with Gasteiger partial charge in [-0.05, 0) is 24.9 Å². The van der Waals surface area contributed by atoms with Gasteiger partial charge in [0.05, 0.1) is 5.75 Å². The Morgan fingerprint density at radius 2 is 1.96 bits per heavy atom. The molecule has 0 saturated heterocycles. The topological polar surface area (TPSA) is 119 Å². The molecule has 7 nitrogen and oxygen atoms in total. The number of carboxylic acid groups (broad SMARTS) is 1.